The van der Waals surface area contributed by atoms with Crippen LogP contribution in [-0.4, -0.2) is 23.1 Å². The van der Waals surface area contributed by atoms with E-state index in [1.54, 1.807) is 6.92 Å². The lowest BCUT2D eigenvalue weighted by atomic mass is 10.00. The van der Waals surface area contributed by atoms with Crippen LogP contribution < -0.4 is 10.1 Å². The highest BCUT2D eigenvalue weighted by atomic mass is 19.4. The number of rotatable bonds is 7. The zero-order chi connectivity index (χ0) is 22.7. The van der Waals surface area contributed by atoms with E-state index in [4.69, 9.17) is 4.74 Å². The molecule has 10 heteroatoms. The van der Waals surface area contributed by atoms with Gasteiger partial charge in [-0.3, -0.25) is 0 Å². The largest absolute Gasteiger partial charge is 0.479 e. The minimum absolute atomic E-state index is 0.0805. The van der Waals surface area contributed by atoms with Gasteiger partial charge in [0.2, 0.25) is 5.88 Å². The number of benzene rings is 1. The number of anilines is 1. The van der Waals surface area contributed by atoms with Crippen LogP contribution in [0.5, 0.6) is 5.88 Å². The number of hydrogen-bond acceptors (Lipinski definition) is 4. The minimum Gasteiger partial charge on any atom is -0.479 e. The molecule has 2 rings (SSSR count). The van der Waals surface area contributed by atoms with Crippen LogP contribution in [0.1, 0.15) is 50.4 Å². The average Bonchev–Trinajstić information content (AvgIpc) is 2.69. The van der Waals surface area contributed by atoms with Crippen molar-refractivity contribution < 1.29 is 31.1 Å². The van der Waals surface area contributed by atoms with Gasteiger partial charge < -0.3 is 10.1 Å². The average molecular weight is 435 g/mol. The van der Waals surface area contributed by atoms with Gasteiger partial charge in [-0.25, -0.2) is 4.98 Å². The van der Waals surface area contributed by atoms with Gasteiger partial charge in [-0.1, -0.05) is 26.8 Å². The monoisotopic (exact) mass is 435 g/mol. The van der Waals surface area contributed by atoms with Gasteiger partial charge in [0, 0.05) is 11.6 Å². The van der Waals surface area contributed by atoms with Crippen LogP contribution in [0.3, 0.4) is 0 Å². The van der Waals surface area contributed by atoms with Crippen LogP contribution in [-0.2, 0) is 18.8 Å². The third-order valence-corrected chi connectivity index (χ3v) is 4.70. The second-order valence-corrected chi connectivity index (χ2v) is 6.64. The Morgan fingerprint density at radius 3 is 2.07 bits per heavy atom. The number of hydrogen-bond donors (Lipinski definition) is 1. The summed E-state index contributed by atoms with van der Waals surface area (Å²) < 4.78 is 84.8. The molecule has 166 valence electrons. The summed E-state index contributed by atoms with van der Waals surface area (Å²) in [4.78, 5) is 8.57. The molecule has 0 saturated heterocycles. The molecule has 0 aliphatic heterocycles. The molecular formula is C20H23F6N3O. The molecule has 30 heavy (non-hydrogen) atoms. The van der Waals surface area contributed by atoms with Gasteiger partial charge in [0.15, 0.2) is 5.82 Å². The first-order valence-electron chi connectivity index (χ1n) is 9.46. The summed E-state index contributed by atoms with van der Waals surface area (Å²) >= 11 is 0. The van der Waals surface area contributed by atoms with Gasteiger partial charge in [-0.2, -0.15) is 31.3 Å². The third kappa shape index (κ3) is 5.14. The van der Waals surface area contributed by atoms with Gasteiger partial charge in [-0.15, -0.1) is 0 Å². The number of aromatic nitrogens is 2. The van der Waals surface area contributed by atoms with Crippen LogP contribution in [0.4, 0.5) is 32.2 Å². The fourth-order valence-electron chi connectivity index (χ4n) is 2.98. The first-order valence-corrected chi connectivity index (χ1v) is 9.46. The van der Waals surface area contributed by atoms with Crippen molar-refractivity contribution in [2.45, 2.75) is 58.4 Å². The highest BCUT2D eigenvalue weighted by molar-refractivity contribution is 5.71. The molecule has 0 aliphatic rings. The summed E-state index contributed by atoms with van der Waals surface area (Å²) in [5.74, 6) is 0.179. The molecule has 1 heterocycles. The van der Waals surface area contributed by atoms with Crippen molar-refractivity contribution in [3.8, 4) is 17.1 Å². The van der Waals surface area contributed by atoms with Gasteiger partial charge in [0.05, 0.1) is 23.9 Å². The van der Waals surface area contributed by atoms with Crippen LogP contribution in [0.2, 0.25) is 0 Å². The van der Waals surface area contributed by atoms with E-state index >= 15 is 0 Å². The summed E-state index contributed by atoms with van der Waals surface area (Å²) in [6.07, 6.45) is -7.99. The summed E-state index contributed by atoms with van der Waals surface area (Å²) in [7, 11) is 1.22. The fourth-order valence-corrected chi connectivity index (χ4v) is 2.98. The maximum absolute atomic E-state index is 13.6. The standard InChI is InChI=1S/C20H23F6N3O/c1-5-12(6-2)27-17-15(7-3)28-16(18(29-17)30-4)13-9-8-11(19(21,22)23)10-14(13)20(24,25)26/h8-10,12H,5-7H2,1-4H3,(H,27,29). The van der Waals surface area contributed by atoms with E-state index < -0.39 is 29.0 Å². The Bertz CT molecular complexity index is 876. The van der Waals surface area contributed by atoms with Crippen molar-refractivity contribution in [2.75, 3.05) is 12.4 Å². The maximum Gasteiger partial charge on any atom is 0.417 e. The molecule has 0 atom stereocenters. The smallest absolute Gasteiger partial charge is 0.417 e. The molecule has 1 aromatic carbocycles. The Morgan fingerprint density at radius 1 is 0.967 bits per heavy atom. The van der Waals surface area contributed by atoms with Gasteiger partial charge in [-0.05, 0) is 31.4 Å². The normalized spacial score (nSPS) is 12.4. The van der Waals surface area contributed by atoms with E-state index in [2.05, 4.69) is 15.3 Å². The van der Waals surface area contributed by atoms with Crippen LogP contribution >= 0.6 is 0 Å². The lowest BCUT2D eigenvalue weighted by molar-refractivity contribution is -0.142. The number of nitrogens with one attached hydrogen (secondary N) is 1. The van der Waals surface area contributed by atoms with Crippen molar-refractivity contribution in [3.63, 3.8) is 0 Å². The molecule has 0 radical (unpaired) electrons. The third-order valence-electron chi connectivity index (χ3n) is 4.70. The second kappa shape index (κ2) is 9.09. The molecule has 2 aromatic rings. The Kier molecular flexibility index (Phi) is 7.20. The Balaban J connectivity index is 2.71. The molecule has 4 nitrogen and oxygen atoms in total. The van der Waals surface area contributed by atoms with E-state index in [0.29, 0.717) is 24.0 Å². The Morgan fingerprint density at radius 2 is 1.60 bits per heavy atom. The molecule has 0 spiro atoms. The van der Waals surface area contributed by atoms with Crippen molar-refractivity contribution in [3.05, 3.63) is 35.0 Å². The van der Waals surface area contributed by atoms with Crippen LogP contribution in [0, 0.1) is 0 Å². The summed E-state index contributed by atoms with van der Waals surface area (Å²) in [5.41, 5.74) is -3.24. The summed E-state index contributed by atoms with van der Waals surface area (Å²) in [6.45, 7) is 5.71. The van der Waals surface area contributed by atoms with E-state index in [-0.39, 0.29) is 23.7 Å². The first kappa shape index (κ1) is 23.8. The SMILES string of the molecule is CCc1nc(-c2ccc(C(F)(F)F)cc2C(F)(F)F)c(OC)nc1NC(CC)CC. The zero-order valence-electron chi connectivity index (χ0n) is 17.0. The highest BCUT2D eigenvalue weighted by Crippen LogP contribution is 2.42. The van der Waals surface area contributed by atoms with Gasteiger partial charge >= 0.3 is 12.4 Å². The molecule has 0 aliphatic carbocycles. The fraction of sp³-hybridized carbons (Fsp3) is 0.500. The highest BCUT2D eigenvalue weighted by Gasteiger charge is 2.39. The maximum atomic E-state index is 13.6. The number of alkyl halides is 6. The van der Waals surface area contributed by atoms with E-state index in [1.165, 1.54) is 7.11 Å². The molecule has 0 bridgehead atoms. The van der Waals surface area contributed by atoms with Crippen molar-refractivity contribution >= 4 is 5.82 Å². The number of methoxy groups -OCH3 is 1. The lowest BCUT2D eigenvalue weighted by Gasteiger charge is -2.21. The number of nitrogens with zero attached hydrogens (tertiary/aromatic N) is 2. The van der Waals surface area contributed by atoms with Crippen molar-refractivity contribution in [2.24, 2.45) is 0 Å². The Hall–Kier alpha value is -2.52. The van der Waals surface area contributed by atoms with Crippen molar-refractivity contribution in [1.29, 1.82) is 0 Å². The molecule has 0 saturated carbocycles. The molecule has 0 amide bonds. The van der Waals surface area contributed by atoms with E-state index in [0.717, 1.165) is 18.9 Å². The second-order valence-electron chi connectivity index (χ2n) is 6.64. The molecule has 0 unspecified atom stereocenters. The van der Waals surface area contributed by atoms with Crippen LogP contribution in [0.15, 0.2) is 18.2 Å². The van der Waals surface area contributed by atoms with Crippen LogP contribution in [0.25, 0.3) is 11.3 Å². The topological polar surface area (TPSA) is 47.0 Å². The predicted molar refractivity (Wildman–Crippen MR) is 101 cm³/mol. The molecular weight excluding hydrogens is 412 g/mol. The van der Waals surface area contributed by atoms with Crippen molar-refractivity contribution in [1.82, 2.24) is 9.97 Å². The lowest BCUT2D eigenvalue weighted by Crippen LogP contribution is -2.20. The first-order chi connectivity index (χ1) is 14.0. The number of aryl methyl sites for hydroxylation is 1. The molecule has 0 fully saturated rings. The number of ether oxygens (including phenoxy) is 1. The zero-order valence-corrected chi connectivity index (χ0v) is 17.0. The minimum atomic E-state index is -5.03. The van der Waals surface area contributed by atoms with Gasteiger partial charge in [0.25, 0.3) is 0 Å². The summed E-state index contributed by atoms with van der Waals surface area (Å²) in [5, 5.41) is 3.20. The molecule has 1 aromatic heterocycles. The van der Waals surface area contributed by atoms with Gasteiger partial charge in [0.1, 0.15) is 5.69 Å². The van der Waals surface area contributed by atoms with E-state index in [1.807, 2.05) is 13.8 Å². The predicted octanol–water partition coefficient (Wildman–Crippen LogP) is 6.35. The van der Waals surface area contributed by atoms with E-state index in [9.17, 15) is 26.3 Å². The summed E-state index contributed by atoms with van der Waals surface area (Å²) in [6, 6.07) is 1.51. The number of halogens is 6. The Labute approximate surface area is 170 Å². The molecule has 1 N–H and O–H groups in total. The quantitative estimate of drug-likeness (QED) is 0.515.